The molecule has 0 amide bonds. The SMILES string of the molecule is CC(C)OCC(C(C)C)C(C)C. The van der Waals surface area contributed by atoms with Crippen molar-refractivity contribution in [3.63, 3.8) is 0 Å². The van der Waals surface area contributed by atoms with Crippen LogP contribution < -0.4 is 0 Å². The highest BCUT2D eigenvalue weighted by atomic mass is 16.5. The predicted molar refractivity (Wildman–Crippen MR) is 54.3 cm³/mol. The van der Waals surface area contributed by atoms with E-state index in [1.54, 1.807) is 0 Å². The quantitative estimate of drug-likeness (QED) is 0.618. The minimum Gasteiger partial charge on any atom is -0.378 e. The average molecular weight is 172 g/mol. The molecule has 0 aliphatic heterocycles. The summed E-state index contributed by atoms with van der Waals surface area (Å²) in [5.41, 5.74) is 0. The summed E-state index contributed by atoms with van der Waals surface area (Å²) in [6, 6.07) is 0. The predicted octanol–water partition coefficient (Wildman–Crippen LogP) is 3.34. The highest BCUT2D eigenvalue weighted by Gasteiger charge is 2.17. The van der Waals surface area contributed by atoms with Crippen LogP contribution in [0, 0.1) is 17.8 Å². The molecule has 0 N–H and O–H groups in total. The van der Waals surface area contributed by atoms with Crippen molar-refractivity contribution in [3.8, 4) is 0 Å². The summed E-state index contributed by atoms with van der Waals surface area (Å²) in [4.78, 5) is 0. The summed E-state index contributed by atoms with van der Waals surface area (Å²) in [5, 5.41) is 0. The minimum absolute atomic E-state index is 0.366. The maximum Gasteiger partial charge on any atom is 0.0519 e. The van der Waals surface area contributed by atoms with Crippen molar-refractivity contribution in [3.05, 3.63) is 0 Å². The molecule has 0 saturated carbocycles. The first kappa shape index (κ1) is 12.0. The van der Waals surface area contributed by atoms with Crippen LogP contribution in [0.15, 0.2) is 0 Å². The fourth-order valence-electron chi connectivity index (χ4n) is 1.46. The molecule has 0 fully saturated rings. The molecular weight excluding hydrogens is 148 g/mol. The summed E-state index contributed by atoms with van der Waals surface area (Å²) >= 11 is 0. The van der Waals surface area contributed by atoms with Gasteiger partial charge < -0.3 is 4.74 Å². The van der Waals surface area contributed by atoms with Crippen molar-refractivity contribution in [1.29, 1.82) is 0 Å². The van der Waals surface area contributed by atoms with Gasteiger partial charge in [-0.1, -0.05) is 27.7 Å². The van der Waals surface area contributed by atoms with Gasteiger partial charge in [0.25, 0.3) is 0 Å². The molecule has 12 heavy (non-hydrogen) atoms. The van der Waals surface area contributed by atoms with E-state index < -0.39 is 0 Å². The van der Waals surface area contributed by atoms with E-state index in [1.807, 2.05) is 0 Å². The number of rotatable bonds is 5. The number of ether oxygens (including phenoxy) is 1. The second-order valence-corrected chi connectivity index (χ2v) is 4.53. The molecule has 0 rings (SSSR count). The Labute approximate surface area is 77.5 Å². The third-order valence-corrected chi connectivity index (χ3v) is 2.33. The fourth-order valence-corrected chi connectivity index (χ4v) is 1.46. The van der Waals surface area contributed by atoms with Crippen LogP contribution in [-0.2, 0) is 4.74 Å². The van der Waals surface area contributed by atoms with Gasteiger partial charge in [0.15, 0.2) is 0 Å². The monoisotopic (exact) mass is 172 g/mol. The Morgan fingerprint density at radius 1 is 0.833 bits per heavy atom. The van der Waals surface area contributed by atoms with Gasteiger partial charge in [0.1, 0.15) is 0 Å². The van der Waals surface area contributed by atoms with Crippen LogP contribution in [0.3, 0.4) is 0 Å². The molecule has 0 radical (unpaired) electrons. The van der Waals surface area contributed by atoms with Crippen LogP contribution in [-0.4, -0.2) is 12.7 Å². The van der Waals surface area contributed by atoms with Crippen molar-refractivity contribution < 1.29 is 4.74 Å². The highest BCUT2D eigenvalue weighted by molar-refractivity contribution is 4.66. The molecule has 0 saturated heterocycles. The molecule has 0 aromatic heterocycles. The van der Waals surface area contributed by atoms with Gasteiger partial charge in [0, 0.05) is 0 Å². The average Bonchev–Trinajstić information content (AvgIpc) is 1.84. The van der Waals surface area contributed by atoms with E-state index >= 15 is 0 Å². The van der Waals surface area contributed by atoms with E-state index in [2.05, 4.69) is 41.5 Å². The van der Waals surface area contributed by atoms with Crippen LogP contribution in [0.5, 0.6) is 0 Å². The summed E-state index contributed by atoms with van der Waals surface area (Å²) in [5.74, 6) is 2.15. The number of hydrogen-bond acceptors (Lipinski definition) is 1. The van der Waals surface area contributed by atoms with Gasteiger partial charge in [-0.3, -0.25) is 0 Å². The molecule has 0 aromatic carbocycles. The van der Waals surface area contributed by atoms with Crippen molar-refractivity contribution >= 4 is 0 Å². The molecule has 0 atom stereocenters. The lowest BCUT2D eigenvalue weighted by Gasteiger charge is -2.25. The van der Waals surface area contributed by atoms with Crippen LogP contribution >= 0.6 is 0 Å². The Hall–Kier alpha value is -0.0400. The molecule has 74 valence electrons. The smallest absolute Gasteiger partial charge is 0.0519 e. The van der Waals surface area contributed by atoms with E-state index in [1.165, 1.54) is 0 Å². The first-order chi connectivity index (χ1) is 5.45. The minimum atomic E-state index is 0.366. The Balaban J connectivity index is 3.80. The Kier molecular flexibility index (Phi) is 5.56. The van der Waals surface area contributed by atoms with E-state index in [0.29, 0.717) is 12.0 Å². The molecule has 0 unspecified atom stereocenters. The van der Waals surface area contributed by atoms with Crippen LogP contribution in [0.1, 0.15) is 41.5 Å². The summed E-state index contributed by atoms with van der Waals surface area (Å²) in [7, 11) is 0. The van der Waals surface area contributed by atoms with E-state index in [0.717, 1.165) is 18.4 Å². The molecular formula is C11H24O. The van der Waals surface area contributed by atoms with Crippen LogP contribution in [0.25, 0.3) is 0 Å². The largest absolute Gasteiger partial charge is 0.378 e. The van der Waals surface area contributed by atoms with E-state index in [9.17, 15) is 0 Å². The van der Waals surface area contributed by atoms with Gasteiger partial charge in [0.2, 0.25) is 0 Å². The van der Waals surface area contributed by atoms with Crippen molar-refractivity contribution in [1.82, 2.24) is 0 Å². The zero-order valence-corrected chi connectivity index (χ0v) is 9.42. The lowest BCUT2D eigenvalue weighted by atomic mass is 9.86. The molecule has 0 spiro atoms. The molecule has 1 heteroatoms. The third kappa shape index (κ3) is 4.76. The lowest BCUT2D eigenvalue weighted by molar-refractivity contribution is 0.0247. The maximum absolute atomic E-state index is 5.63. The second kappa shape index (κ2) is 5.58. The topological polar surface area (TPSA) is 9.23 Å². The second-order valence-electron chi connectivity index (χ2n) is 4.53. The molecule has 0 heterocycles. The molecule has 0 aliphatic carbocycles. The van der Waals surface area contributed by atoms with E-state index in [4.69, 9.17) is 4.74 Å². The van der Waals surface area contributed by atoms with Crippen molar-refractivity contribution in [2.24, 2.45) is 17.8 Å². The molecule has 1 nitrogen and oxygen atoms in total. The standard InChI is InChI=1S/C11H24O/c1-8(2)11(9(3)4)7-12-10(5)6/h8-11H,7H2,1-6H3. The Morgan fingerprint density at radius 3 is 1.50 bits per heavy atom. The molecule has 0 bridgehead atoms. The summed E-state index contributed by atoms with van der Waals surface area (Å²) < 4.78 is 5.63. The molecule has 0 aliphatic rings. The van der Waals surface area contributed by atoms with Crippen molar-refractivity contribution in [2.75, 3.05) is 6.61 Å². The normalized spacial score (nSPS) is 12.5. The highest BCUT2D eigenvalue weighted by Crippen LogP contribution is 2.20. The van der Waals surface area contributed by atoms with Gasteiger partial charge >= 0.3 is 0 Å². The summed E-state index contributed by atoms with van der Waals surface area (Å²) in [6.07, 6.45) is 0.366. The van der Waals surface area contributed by atoms with E-state index in [-0.39, 0.29) is 0 Å². The first-order valence-corrected chi connectivity index (χ1v) is 5.06. The summed E-state index contributed by atoms with van der Waals surface area (Å²) in [6.45, 7) is 14.2. The Morgan fingerprint density at radius 2 is 1.25 bits per heavy atom. The van der Waals surface area contributed by atoms with Gasteiger partial charge in [-0.2, -0.15) is 0 Å². The zero-order valence-electron chi connectivity index (χ0n) is 9.42. The van der Waals surface area contributed by atoms with Gasteiger partial charge in [0.05, 0.1) is 12.7 Å². The van der Waals surface area contributed by atoms with Crippen molar-refractivity contribution in [2.45, 2.75) is 47.6 Å². The van der Waals surface area contributed by atoms with Gasteiger partial charge in [-0.15, -0.1) is 0 Å². The third-order valence-electron chi connectivity index (χ3n) is 2.33. The van der Waals surface area contributed by atoms with Gasteiger partial charge in [-0.25, -0.2) is 0 Å². The first-order valence-electron chi connectivity index (χ1n) is 5.06. The fraction of sp³-hybridized carbons (Fsp3) is 1.00. The molecule has 0 aromatic rings. The maximum atomic E-state index is 5.63. The van der Waals surface area contributed by atoms with Crippen LogP contribution in [0.4, 0.5) is 0 Å². The lowest BCUT2D eigenvalue weighted by Crippen LogP contribution is -2.23. The van der Waals surface area contributed by atoms with Crippen LogP contribution in [0.2, 0.25) is 0 Å². The zero-order chi connectivity index (χ0) is 9.72. The number of hydrogen-bond donors (Lipinski definition) is 0. The Bertz CT molecular complexity index is 97.6. The van der Waals surface area contributed by atoms with Gasteiger partial charge in [-0.05, 0) is 31.6 Å².